The van der Waals surface area contributed by atoms with Gasteiger partial charge in [0.05, 0.1) is 5.56 Å². The average molecular weight is 310 g/mol. The van der Waals surface area contributed by atoms with Gasteiger partial charge in [-0.25, -0.2) is 0 Å². The number of aromatic nitrogens is 2. The highest BCUT2D eigenvalue weighted by Gasteiger charge is 2.11. The van der Waals surface area contributed by atoms with Gasteiger partial charge in [0, 0.05) is 23.2 Å². The summed E-state index contributed by atoms with van der Waals surface area (Å²) < 4.78 is 26.3. The minimum Gasteiger partial charge on any atom is -0.298 e. The number of nitrogens with zero attached hydrogens (tertiary/aromatic N) is 2. The summed E-state index contributed by atoms with van der Waals surface area (Å²) in [6, 6.07) is 6.66. The lowest BCUT2D eigenvalue weighted by molar-refractivity contribution is 0.112. The van der Waals surface area contributed by atoms with Crippen LogP contribution in [0, 0.1) is 0 Å². The number of hydrogen-bond acceptors (Lipinski definition) is 3. The van der Waals surface area contributed by atoms with Gasteiger partial charge < -0.3 is 0 Å². The summed E-state index contributed by atoms with van der Waals surface area (Å²) >= 11 is 0.500. The van der Waals surface area contributed by atoms with E-state index in [1.807, 2.05) is 0 Å². The summed E-state index contributed by atoms with van der Waals surface area (Å²) in [5.74, 6) is -2.44. The van der Waals surface area contributed by atoms with Crippen molar-refractivity contribution in [3.63, 3.8) is 0 Å². The van der Waals surface area contributed by atoms with Crippen LogP contribution in [-0.4, -0.2) is 21.8 Å². The highest BCUT2D eigenvalue weighted by molar-refractivity contribution is 7.99. The lowest BCUT2D eigenvalue weighted by Crippen LogP contribution is -1.97. The summed E-state index contributed by atoms with van der Waals surface area (Å²) in [6.45, 7) is 2.85. The van der Waals surface area contributed by atoms with Crippen LogP contribution in [0.2, 0.25) is 0 Å². The molecule has 1 aromatic carbocycles. The molecule has 0 aliphatic carbocycles. The lowest BCUT2D eigenvalue weighted by Gasteiger charge is -2.02. The van der Waals surface area contributed by atoms with Crippen LogP contribution in [0.15, 0.2) is 35.4 Å². The Morgan fingerprint density at radius 3 is 2.62 bits per heavy atom. The molecule has 0 aliphatic heterocycles. The first-order chi connectivity index (χ1) is 10.1. The second kappa shape index (κ2) is 7.36. The first kappa shape index (κ1) is 15.7. The number of carbonyl (C=O) groups excluding carboxylic acids is 1. The molecule has 0 N–H and O–H groups in total. The summed E-state index contributed by atoms with van der Waals surface area (Å²) in [4.78, 5) is 11.6. The van der Waals surface area contributed by atoms with Crippen molar-refractivity contribution in [1.82, 2.24) is 9.78 Å². The quantitative estimate of drug-likeness (QED) is 0.559. The van der Waals surface area contributed by atoms with Crippen LogP contribution in [0.4, 0.5) is 8.78 Å². The fourth-order valence-electron chi connectivity index (χ4n) is 1.98. The molecule has 0 aliphatic rings. The normalized spacial score (nSPS) is 11.0. The van der Waals surface area contributed by atoms with Gasteiger partial charge in [0.15, 0.2) is 6.29 Å². The van der Waals surface area contributed by atoms with Crippen LogP contribution in [0.25, 0.3) is 11.3 Å². The molecule has 1 aromatic heterocycles. The Balaban J connectivity index is 2.23. The highest BCUT2D eigenvalue weighted by Crippen LogP contribution is 2.28. The van der Waals surface area contributed by atoms with Crippen molar-refractivity contribution >= 4 is 18.0 Å². The monoisotopic (exact) mass is 310 g/mol. The zero-order chi connectivity index (χ0) is 15.2. The van der Waals surface area contributed by atoms with Crippen molar-refractivity contribution < 1.29 is 13.6 Å². The predicted octanol–water partition coefficient (Wildman–Crippen LogP) is 4.48. The molecule has 0 fully saturated rings. The number of halogens is 2. The van der Waals surface area contributed by atoms with Crippen molar-refractivity contribution in [3.8, 4) is 11.3 Å². The largest absolute Gasteiger partial charge is 0.298 e. The van der Waals surface area contributed by atoms with E-state index in [2.05, 4.69) is 12.0 Å². The van der Waals surface area contributed by atoms with Crippen molar-refractivity contribution in [2.24, 2.45) is 0 Å². The first-order valence-corrected chi connectivity index (χ1v) is 7.60. The topological polar surface area (TPSA) is 34.9 Å². The second-order valence-corrected chi connectivity index (χ2v) is 5.63. The van der Waals surface area contributed by atoms with Crippen molar-refractivity contribution in [2.75, 3.05) is 0 Å². The Bertz CT molecular complexity index is 596. The molecule has 0 saturated carbocycles. The highest BCUT2D eigenvalue weighted by atomic mass is 32.2. The molecule has 0 saturated heterocycles. The molecule has 0 spiro atoms. The van der Waals surface area contributed by atoms with Crippen LogP contribution in [-0.2, 0) is 6.54 Å². The van der Waals surface area contributed by atoms with Crippen LogP contribution >= 0.6 is 11.8 Å². The Morgan fingerprint density at radius 1 is 1.33 bits per heavy atom. The molecule has 1 heterocycles. The van der Waals surface area contributed by atoms with Gasteiger partial charge in [-0.05, 0) is 18.6 Å². The molecular formula is C15H16F2N2OS. The Labute approximate surface area is 126 Å². The van der Waals surface area contributed by atoms with Gasteiger partial charge in [-0.15, -0.1) is 0 Å². The van der Waals surface area contributed by atoms with E-state index in [1.54, 1.807) is 35.1 Å². The second-order valence-electron chi connectivity index (χ2n) is 4.57. The molecule has 3 nitrogen and oxygen atoms in total. The van der Waals surface area contributed by atoms with Gasteiger partial charge in [-0.2, -0.15) is 13.9 Å². The van der Waals surface area contributed by atoms with Gasteiger partial charge in [-0.1, -0.05) is 37.2 Å². The molecule has 0 radical (unpaired) electrons. The molecule has 21 heavy (non-hydrogen) atoms. The molecule has 2 rings (SSSR count). The summed E-state index contributed by atoms with van der Waals surface area (Å²) in [5, 5.41) is 4.41. The van der Waals surface area contributed by atoms with Crippen LogP contribution < -0.4 is 0 Å². The first-order valence-electron chi connectivity index (χ1n) is 6.72. The standard InChI is InChI=1S/C15H16F2N2OS/c1-2-3-8-19-9-12(10-20)14(18-19)11-4-6-13(7-5-11)21-15(16)17/h4-7,9-10,15H,2-3,8H2,1H3. The molecule has 0 bridgehead atoms. The van der Waals surface area contributed by atoms with E-state index in [9.17, 15) is 13.6 Å². The number of hydrogen-bond donors (Lipinski definition) is 0. The van der Waals surface area contributed by atoms with E-state index in [4.69, 9.17) is 0 Å². The van der Waals surface area contributed by atoms with E-state index >= 15 is 0 Å². The van der Waals surface area contributed by atoms with Crippen molar-refractivity contribution in [1.29, 1.82) is 0 Å². The van der Waals surface area contributed by atoms with E-state index < -0.39 is 5.76 Å². The minimum absolute atomic E-state index is 0.492. The maximum Gasteiger partial charge on any atom is 0.288 e. The molecule has 2 aromatic rings. The molecule has 112 valence electrons. The minimum atomic E-state index is -2.44. The number of benzene rings is 1. The van der Waals surface area contributed by atoms with Crippen molar-refractivity contribution in [3.05, 3.63) is 36.0 Å². The molecule has 0 atom stereocenters. The zero-order valence-corrected chi connectivity index (χ0v) is 12.4. The van der Waals surface area contributed by atoms with Crippen LogP contribution in [0.3, 0.4) is 0 Å². The molecular weight excluding hydrogens is 294 g/mol. The van der Waals surface area contributed by atoms with Crippen molar-refractivity contribution in [2.45, 2.75) is 37.0 Å². The van der Waals surface area contributed by atoms with Gasteiger partial charge in [0.25, 0.3) is 5.76 Å². The van der Waals surface area contributed by atoms with E-state index in [0.717, 1.165) is 31.2 Å². The third kappa shape index (κ3) is 4.14. The van der Waals surface area contributed by atoms with Crippen LogP contribution in [0.5, 0.6) is 0 Å². The molecule has 0 amide bonds. The summed E-state index contributed by atoms with van der Waals surface area (Å²) in [5.41, 5.74) is 1.86. The maximum atomic E-state index is 12.3. The van der Waals surface area contributed by atoms with Gasteiger partial charge in [0.2, 0.25) is 0 Å². The molecule has 6 heteroatoms. The number of thioether (sulfide) groups is 1. The lowest BCUT2D eigenvalue weighted by atomic mass is 10.1. The maximum absolute atomic E-state index is 12.3. The Kier molecular flexibility index (Phi) is 5.50. The van der Waals surface area contributed by atoms with Gasteiger partial charge in [0.1, 0.15) is 5.69 Å². The number of rotatable bonds is 7. The smallest absolute Gasteiger partial charge is 0.288 e. The van der Waals surface area contributed by atoms with E-state index in [0.29, 0.717) is 27.9 Å². The zero-order valence-electron chi connectivity index (χ0n) is 11.6. The SMILES string of the molecule is CCCCn1cc(C=O)c(-c2ccc(SC(F)F)cc2)n1. The number of aldehydes is 1. The fraction of sp³-hybridized carbons (Fsp3) is 0.333. The van der Waals surface area contributed by atoms with Crippen LogP contribution in [0.1, 0.15) is 30.1 Å². The number of alkyl halides is 2. The van der Waals surface area contributed by atoms with E-state index in [1.165, 1.54) is 0 Å². The fourth-order valence-corrected chi connectivity index (χ4v) is 2.48. The predicted molar refractivity (Wildman–Crippen MR) is 79.8 cm³/mol. The number of aryl methyl sites for hydroxylation is 1. The van der Waals surface area contributed by atoms with Gasteiger partial charge in [-0.3, -0.25) is 9.48 Å². The number of unbranched alkanes of at least 4 members (excludes halogenated alkanes) is 1. The van der Waals surface area contributed by atoms with Gasteiger partial charge >= 0.3 is 0 Å². The average Bonchev–Trinajstić information content (AvgIpc) is 2.88. The summed E-state index contributed by atoms with van der Waals surface area (Å²) in [6.07, 6.45) is 4.53. The summed E-state index contributed by atoms with van der Waals surface area (Å²) in [7, 11) is 0. The third-order valence-corrected chi connectivity index (χ3v) is 3.73. The van der Waals surface area contributed by atoms with E-state index in [-0.39, 0.29) is 0 Å². The molecule has 0 unspecified atom stereocenters. The third-order valence-electron chi connectivity index (χ3n) is 3.01. The Morgan fingerprint density at radius 2 is 2.05 bits per heavy atom. The Hall–Kier alpha value is -1.69. The number of carbonyl (C=O) groups is 1.